The zero-order valence-electron chi connectivity index (χ0n) is 10.3. The lowest BCUT2D eigenvalue weighted by molar-refractivity contribution is 0.417. The Morgan fingerprint density at radius 1 is 1.22 bits per heavy atom. The molecule has 1 heterocycles. The molecule has 0 radical (unpaired) electrons. The van der Waals surface area contributed by atoms with E-state index in [0.29, 0.717) is 11.8 Å². The fraction of sp³-hybridized carbons (Fsp3) is 0.167. The molecule has 0 saturated carbocycles. The van der Waals surface area contributed by atoms with Gasteiger partial charge in [-0.2, -0.15) is 4.98 Å². The first-order chi connectivity index (χ1) is 8.72. The van der Waals surface area contributed by atoms with E-state index in [1.54, 1.807) is 7.11 Å². The number of rotatable bonds is 4. The number of para-hydroxylation sites is 2. The third-order valence-electron chi connectivity index (χ3n) is 2.35. The molecule has 2 rings (SSSR count). The molecule has 6 nitrogen and oxygen atoms in total. The molecule has 0 unspecified atom stereocenters. The van der Waals surface area contributed by atoms with Crippen LogP contribution >= 0.6 is 0 Å². The van der Waals surface area contributed by atoms with Crippen molar-refractivity contribution in [2.45, 2.75) is 6.92 Å². The quantitative estimate of drug-likeness (QED) is 0.563. The molecule has 0 aliphatic rings. The van der Waals surface area contributed by atoms with Crippen molar-refractivity contribution in [1.82, 2.24) is 9.97 Å². The molecule has 0 aliphatic heterocycles. The van der Waals surface area contributed by atoms with Crippen LogP contribution in [0.2, 0.25) is 0 Å². The highest BCUT2D eigenvalue weighted by Crippen LogP contribution is 2.26. The van der Waals surface area contributed by atoms with Gasteiger partial charge in [-0.05, 0) is 19.1 Å². The summed E-state index contributed by atoms with van der Waals surface area (Å²) in [6.07, 6.45) is 0. The van der Waals surface area contributed by atoms with Crippen LogP contribution in [0.3, 0.4) is 0 Å². The van der Waals surface area contributed by atoms with Gasteiger partial charge in [0.25, 0.3) is 0 Å². The third-order valence-corrected chi connectivity index (χ3v) is 2.35. The second-order valence-electron chi connectivity index (χ2n) is 3.69. The molecule has 94 valence electrons. The van der Waals surface area contributed by atoms with Crippen LogP contribution < -0.4 is 21.3 Å². The molecule has 0 aliphatic carbocycles. The normalized spacial score (nSPS) is 9.94. The summed E-state index contributed by atoms with van der Waals surface area (Å²) in [7, 11) is 1.62. The van der Waals surface area contributed by atoms with E-state index >= 15 is 0 Å². The van der Waals surface area contributed by atoms with Crippen molar-refractivity contribution in [2.75, 3.05) is 17.9 Å². The first-order valence-corrected chi connectivity index (χ1v) is 5.45. The summed E-state index contributed by atoms with van der Waals surface area (Å²) in [4.78, 5) is 8.33. The van der Waals surface area contributed by atoms with Crippen molar-refractivity contribution in [3.05, 3.63) is 36.0 Å². The van der Waals surface area contributed by atoms with Crippen LogP contribution in [0.5, 0.6) is 5.75 Å². The molecule has 0 amide bonds. The smallest absolute Gasteiger partial charge is 0.239 e. The van der Waals surface area contributed by atoms with E-state index in [1.807, 2.05) is 37.3 Å². The van der Waals surface area contributed by atoms with Crippen molar-refractivity contribution < 1.29 is 4.74 Å². The van der Waals surface area contributed by atoms with Crippen LogP contribution in [-0.4, -0.2) is 17.1 Å². The molecular weight excluding hydrogens is 230 g/mol. The maximum Gasteiger partial charge on any atom is 0.239 e. The Hall–Kier alpha value is -2.34. The monoisotopic (exact) mass is 245 g/mol. The highest BCUT2D eigenvalue weighted by atomic mass is 16.5. The molecule has 4 N–H and O–H groups in total. The largest absolute Gasteiger partial charge is 0.495 e. The molecule has 0 spiro atoms. The Kier molecular flexibility index (Phi) is 3.59. The summed E-state index contributed by atoms with van der Waals surface area (Å²) in [5.74, 6) is 7.08. The first-order valence-electron chi connectivity index (χ1n) is 5.45. The minimum atomic E-state index is 0.368. The van der Waals surface area contributed by atoms with Crippen molar-refractivity contribution in [3.63, 3.8) is 0 Å². The molecule has 2 aromatic rings. The predicted molar refractivity (Wildman–Crippen MR) is 70.9 cm³/mol. The van der Waals surface area contributed by atoms with E-state index in [-0.39, 0.29) is 0 Å². The van der Waals surface area contributed by atoms with Gasteiger partial charge in [0.1, 0.15) is 11.6 Å². The minimum absolute atomic E-state index is 0.368. The molecule has 0 fully saturated rings. The van der Waals surface area contributed by atoms with Crippen molar-refractivity contribution in [2.24, 2.45) is 5.84 Å². The van der Waals surface area contributed by atoms with Crippen LogP contribution in [0.1, 0.15) is 5.69 Å². The number of nitrogen functional groups attached to an aromatic ring is 1. The topological polar surface area (TPSA) is 85.1 Å². The molecular formula is C12H15N5O. The standard InChI is InChI=1S/C12H15N5O/c1-8-7-11(16-12(14-8)17-13)15-9-5-3-4-6-10(9)18-2/h3-7H,13H2,1-2H3,(H2,14,15,16,17). The van der Waals surface area contributed by atoms with Gasteiger partial charge >= 0.3 is 0 Å². The summed E-state index contributed by atoms with van der Waals surface area (Å²) >= 11 is 0. The average Bonchev–Trinajstić information content (AvgIpc) is 2.38. The fourth-order valence-electron chi connectivity index (χ4n) is 1.58. The molecule has 1 aromatic carbocycles. The van der Waals surface area contributed by atoms with Crippen LogP contribution in [0.15, 0.2) is 30.3 Å². The summed E-state index contributed by atoms with van der Waals surface area (Å²) < 4.78 is 5.26. The number of hydrazine groups is 1. The van der Waals surface area contributed by atoms with E-state index in [0.717, 1.165) is 17.1 Å². The number of nitrogens with one attached hydrogen (secondary N) is 2. The van der Waals surface area contributed by atoms with Gasteiger partial charge in [-0.25, -0.2) is 10.8 Å². The first kappa shape index (κ1) is 12.1. The number of aromatic nitrogens is 2. The summed E-state index contributed by atoms with van der Waals surface area (Å²) in [6.45, 7) is 1.87. The van der Waals surface area contributed by atoms with E-state index in [1.165, 1.54) is 0 Å². The van der Waals surface area contributed by atoms with Crippen molar-refractivity contribution in [3.8, 4) is 5.75 Å². The summed E-state index contributed by atoms with van der Waals surface area (Å²) in [6, 6.07) is 9.43. The van der Waals surface area contributed by atoms with E-state index in [9.17, 15) is 0 Å². The number of hydrogen-bond donors (Lipinski definition) is 3. The Morgan fingerprint density at radius 3 is 2.72 bits per heavy atom. The van der Waals surface area contributed by atoms with E-state index < -0.39 is 0 Å². The van der Waals surface area contributed by atoms with Crippen LogP contribution in [0.25, 0.3) is 0 Å². The number of nitrogens with two attached hydrogens (primary N) is 1. The molecule has 1 aromatic heterocycles. The van der Waals surface area contributed by atoms with Crippen LogP contribution in [-0.2, 0) is 0 Å². The SMILES string of the molecule is COc1ccccc1Nc1cc(C)nc(NN)n1. The number of benzene rings is 1. The van der Waals surface area contributed by atoms with Gasteiger partial charge in [-0.1, -0.05) is 12.1 Å². The van der Waals surface area contributed by atoms with Gasteiger partial charge in [0, 0.05) is 11.8 Å². The van der Waals surface area contributed by atoms with Crippen LogP contribution in [0.4, 0.5) is 17.5 Å². The third kappa shape index (κ3) is 2.67. The molecule has 0 saturated heterocycles. The van der Waals surface area contributed by atoms with Gasteiger partial charge < -0.3 is 10.1 Å². The lowest BCUT2D eigenvalue weighted by Gasteiger charge is -2.11. The van der Waals surface area contributed by atoms with Crippen molar-refractivity contribution >= 4 is 17.5 Å². The molecule has 0 bridgehead atoms. The maximum absolute atomic E-state index is 5.31. The Bertz CT molecular complexity index is 544. The minimum Gasteiger partial charge on any atom is -0.495 e. The van der Waals surface area contributed by atoms with Crippen molar-refractivity contribution in [1.29, 1.82) is 0 Å². The van der Waals surface area contributed by atoms with Gasteiger partial charge in [0.15, 0.2) is 0 Å². The number of anilines is 3. The Labute approximate surface area is 105 Å². The fourth-order valence-corrected chi connectivity index (χ4v) is 1.58. The molecule has 18 heavy (non-hydrogen) atoms. The average molecular weight is 245 g/mol. The highest BCUT2D eigenvalue weighted by molar-refractivity contribution is 5.64. The summed E-state index contributed by atoms with van der Waals surface area (Å²) in [5, 5.41) is 3.17. The van der Waals surface area contributed by atoms with Gasteiger partial charge in [0.2, 0.25) is 5.95 Å². The van der Waals surface area contributed by atoms with Gasteiger partial charge in [-0.3, -0.25) is 5.43 Å². The highest BCUT2D eigenvalue weighted by Gasteiger charge is 2.05. The second kappa shape index (κ2) is 5.33. The maximum atomic E-state index is 5.31. The number of methoxy groups -OCH3 is 1. The zero-order valence-corrected chi connectivity index (χ0v) is 10.3. The van der Waals surface area contributed by atoms with Crippen LogP contribution in [0, 0.1) is 6.92 Å². The summed E-state index contributed by atoms with van der Waals surface area (Å²) in [5.41, 5.74) is 4.08. The zero-order chi connectivity index (χ0) is 13.0. The lowest BCUT2D eigenvalue weighted by Crippen LogP contribution is -2.12. The Morgan fingerprint density at radius 2 is 2.00 bits per heavy atom. The second-order valence-corrected chi connectivity index (χ2v) is 3.69. The van der Waals surface area contributed by atoms with Gasteiger partial charge in [-0.15, -0.1) is 0 Å². The number of aryl methyl sites for hydroxylation is 1. The Balaban J connectivity index is 2.30. The molecule has 0 atom stereocenters. The molecule has 6 heteroatoms. The van der Waals surface area contributed by atoms with E-state index in [4.69, 9.17) is 10.6 Å². The lowest BCUT2D eigenvalue weighted by atomic mass is 10.3. The number of nitrogens with zero attached hydrogens (tertiary/aromatic N) is 2. The number of ether oxygens (including phenoxy) is 1. The number of hydrogen-bond acceptors (Lipinski definition) is 6. The predicted octanol–water partition coefficient (Wildman–Crippen LogP) is 1.82. The van der Waals surface area contributed by atoms with E-state index in [2.05, 4.69) is 20.7 Å². The van der Waals surface area contributed by atoms with Gasteiger partial charge in [0.05, 0.1) is 12.8 Å².